The molecular weight excluding hydrogens is 426 g/mol. The number of benzene rings is 1. The number of rotatable bonds is 4. The van der Waals surface area contributed by atoms with E-state index in [9.17, 15) is 14.4 Å². The van der Waals surface area contributed by atoms with Crippen molar-refractivity contribution in [1.29, 1.82) is 0 Å². The normalized spacial score (nSPS) is 22.2. The maximum absolute atomic E-state index is 13.3. The molecule has 0 unspecified atom stereocenters. The molecule has 1 N–H and O–H groups in total. The molecule has 1 aromatic heterocycles. The molecule has 2 aliphatic rings. The van der Waals surface area contributed by atoms with Gasteiger partial charge in [-0.25, -0.2) is 4.98 Å². The second kappa shape index (κ2) is 9.53. The van der Waals surface area contributed by atoms with Crippen LogP contribution in [0, 0.1) is 0 Å². The maximum Gasteiger partial charge on any atom is 0.275 e. The van der Waals surface area contributed by atoms with Crippen LogP contribution in [0.25, 0.3) is 0 Å². The van der Waals surface area contributed by atoms with E-state index in [0.717, 1.165) is 0 Å². The third-order valence-corrected chi connectivity index (χ3v) is 5.97. The topological polar surface area (TPSA) is 114 Å². The molecule has 1 fully saturated rings. The Hall–Kier alpha value is -3.53. The number of likely N-dealkylation sites (N-methyl/N-ethyl adjacent to an activating group) is 1. The molecule has 33 heavy (non-hydrogen) atoms. The highest BCUT2D eigenvalue weighted by molar-refractivity contribution is 6.04. The van der Waals surface area contributed by atoms with E-state index in [0.29, 0.717) is 36.3 Å². The Morgan fingerprint density at radius 3 is 2.79 bits per heavy atom. The van der Waals surface area contributed by atoms with Crippen molar-refractivity contribution >= 4 is 23.4 Å². The van der Waals surface area contributed by atoms with Crippen molar-refractivity contribution in [3.63, 3.8) is 0 Å². The van der Waals surface area contributed by atoms with Crippen LogP contribution >= 0.6 is 0 Å². The molecule has 0 aliphatic carbocycles. The van der Waals surface area contributed by atoms with E-state index >= 15 is 0 Å². The fraction of sp³-hybridized carbons (Fsp3) is 0.435. The minimum Gasteiger partial charge on any atom is -0.490 e. The smallest absolute Gasteiger partial charge is 0.275 e. The second-order valence-corrected chi connectivity index (χ2v) is 8.42. The molecule has 3 heterocycles. The zero-order chi connectivity index (χ0) is 23.5. The predicted molar refractivity (Wildman–Crippen MR) is 119 cm³/mol. The number of carbonyl (C=O) groups excluding carboxylic acids is 3. The quantitative estimate of drug-likeness (QED) is 0.748. The summed E-state index contributed by atoms with van der Waals surface area (Å²) in [5.41, 5.74) is 0.986. The lowest BCUT2D eigenvalue weighted by atomic mass is 9.94. The van der Waals surface area contributed by atoms with Gasteiger partial charge in [-0.1, -0.05) is 0 Å². The number of ether oxygens (including phenoxy) is 2. The van der Waals surface area contributed by atoms with Gasteiger partial charge < -0.3 is 24.6 Å². The Morgan fingerprint density at radius 2 is 2.06 bits per heavy atom. The van der Waals surface area contributed by atoms with Gasteiger partial charge in [0, 0.05) is 39.2 Å². The number of amides is 3. The van der Waals surface area contributed by atoms with E-state index < -0.39 is 5.91 Å². The van der Waals surface area contributed by atoms with Crippen LogP contribution in [0.4, 0.5) is 5.69 Å². The molecule has 10 heteroatoms. The van der Waals surface area contributed by atoms with Gasteiger partial charge in [0.25, 0.3) is 11.8 Å². The van der Waals surface area contributed by atoms with E-state index in [4.69, 9.17) is 9.47 Å². The van der Waals surface area contributed by atoms with Crippen LogP contribution in [0.3, 0.4) is 0 Å². The first-order valence-corrected chi connectivity index (χ1v) is 10.8. The van der Waals surface area contributed by atoms with Crippen molar-refractivity contribution in [3.8, 4) is 5.75 Å². The van der Waals surface area contributed by atoms with Gasteiger partial charge in [-0.15, -0.1) is 0 Å². The summed E-state index contributed by atoms with van der Waals surface area (Å²) in [6, 6.07) is 4.75. The molecule has 0 spiro atoms. The van der Waals surface area contributed by atoms with E-state index in [1.54, 1.807) is 49.1 Å². The lowest BCUT2D eigenvalue weighted by Gasteiger charge is -2.42. The van der Waals surface area contributed by atoms with Crippen molar-refractivity contribution in [2.45, 2.75) is 37.5 Å². The van der Waals surface area contributed by atoms with E-state index in [1.165, 1.54) is 18.6 Å². The summed E-state index contributed by atoms with van der Waals surface area (Å²) in [5.74, 6) is -0.217. The minimum atomic E-state index is -0.422. The number of nitrogens with zero attached hydrogens (tertiary/aromatic N) is 4. The molecule has 174 valence electrons. The largest absolute Gasteiger partial charge is 0.490 e. The molecule has 2 aromatic rings. The van der Waals surface area contributed by atoms with Crippen molar-refractivity contribution in [3.05, 3.63) is 48.0 Å². The Morgan fingerprint density at radius 1 is 1.24 bits per heavy atom. The van der Waals surface area contributed by atoms with Gasteiger partial charge in [-0.05, 0) is 31.0 Å². The van der Waals surface area contributed by atoms with E-state index in [1.807, 2.05) is 0 Å². The average molecular weight is 453 g/mol. The van der Waals surface area contributed by atoms with Gasteiger partial charge in [0.15, 0.2) is 0 Å². The summed E-state index contributed by atoms with van der Waals surface area (Å²) < 4.78 is 12.1. The van der Waals surface area contributed by atoms with Gasteiger partial charge in [-0.3, -0.25) is 19.4 Å². The molecule has 2 aliphatic heterocycles. The van der Waals surface area contributed by atoms with Crippen LogP contribution in [-0.2, 0) is 9.53 Å². The number of anilines is 1. The Bertz CT molecular complexity index is 1040. The molecule has 1 aromatic carbocycles. The van der Waals surface area contributed by atoms with Crippen LogP contribution in [0.5, 0.6) is 5.75 Å². The average Bonchev–Trinajstić information content (AvgIpc) is 2.82. The van der Waals surface area contributed by atoms with Crippen LogP contribution in [0.15, 0.2) is 36.8 Å². The molecule has 3 amide bonds. The SMILES string of the molecule is CN(C)C(=O)C[C@@H]1CC[C@H]2[C@H](COc3ccc(NC(=O)c4cnccn4)cc3C(=O)N2C)O1. The summed E-state index contributed by atoms with van der Waals surface area (Å²) in [5, 5.41) is 2.74. The number of fused-ring (bicyclic) bond motifs is 2. The summed E-state index contributed by atoms with van der Waals surface area (Å²) in [6.07, 6.45) is 5.44. The molecule has 0 saturated carbocycles. The van der Waals surface area contributed by atoms with Crippen LogP contribution < -0.4 is 10.1 Å². The van der Waals surface area contributed by atoms with Crippen LogP contribution in [0.2, 0.25) is 0 Å². The third-order valence-electron chi connectivity index (χ3n) is 5.97. The lowest BCUT2D eigenvalue weighted by Crippen LogP contribution is -2.53. The number of carbonyl (C=O) groups is 3. The lowest BCUT2D eigenvalue weighted by molar-refractivity contribution is -0.140. The first-order chi connectivity index (χ1) is 15.8. The molecule has 3 atom stereocenters. The van der Waals surface area contributed by atoms with Gasteiger partial charge in [0.1, 0.15) is 24.2 Å². The molecule has 4 rings (SSSR count). The summed E-state index contributed by atoms with van der Waals surface area (Å²) in [7, 11) is 5.19. The summed E-state index contributed by atoms with van der Waals surface area (Å²) in [6.45, 7) is 0.257. The fourth-order valence-corrected chi connectivity index (χ4v) is 4.09. The van der Waals surface area contributed by atoms with Gasteiger partial charge in [-0.2, -0.15) is 0 Å². The molecule has 10 nitrogen and oxygen atoms in total. The molecular formula is C23H27N5O5. The van der Waals surface area contributed by atoms with Crippen LogP contribution in [-0.4, -0.2) is 83.5 Å². The van der Waals surface area contributed by atoms with Crippen molar-refractivity contribution in [1.82, 2.24) is 19.8 Å². The number of nitrogens with one attached hydrogen (secondary N) is 1. The maximum atomic E-state index is 13.3. The first kappa shape index (κ1) is 22.7. The highest BCUT2D eigenvalue weighted by Gasteiger charge is 2.39. The highest BCUT2D eigenvalue weighted by Crippen LogP contribution is 2.32. The van der Waals surface area contributed by atoms with Gasteiger partial charge in [0.05, 0.1) is 30.3 Å². The van der Waals surface area contributed by atoms with E-state index in [-0.39, 0.29) is 42.4 Å². The summed E-state index contributed by atoms with van der Waals surface area (Å²) >= 11 is 0. The van der Waals surface area contributed by atoms with E-state index in [2.05, 4.69) is 15.3 Å². The number of aromatic nitrogens is 2. The zero-order valence-corrected chi connectivity index (χ0v) is 18.9. The van der Waals surface area contributed by atoms with Crippen molar-refractivity contribution in [2.24, 2.45) is 0 Å². The predicted octanol–water partition coefficient (Wildman–Crippen LogP) is 1.59. The Balaban J connectivity index is 1.50. The third kappa shape index (κ3) is 4.95. The van der Waals surface area contributed by atoms with Crippen molar-refractivity contribution < 1.29 is 23.9 Å². The Labute approximate surface area is 191 Å². The number of hydrogen-bond acceptors (Lipinski definition) is 7. The first-order valence-electron chi connectivity index (χ1n) is 10.8. The monoisotopic (exact) mass is 453 g/mol. The standard InChI is InChI=1S/C23H27N5O5/c1-27(2)21(29)11-15-5-6-18-20(33-15)13-32-19-7-4-14(10-16(19)23(31)28(18)3)26-22(30)17-12-24-8-9-25-17/h4,7-10,12,15,18,20H,5-6,11,13H2,1-3H3,(H,26,30)/t15-,18-,20-/m0/s1. The summed E-state index contributed by atoms with van der Waals surface area (Å²) in [4.78, 5) is 48.9. The molecule has 0 radical (unpaired) electrons. The number of hydrogen-bond donors (Lipinski definition) is 1. The molecule has 1 saturated heterocycles. The molecule has 0 bridgehead atoms. The Kier molecular flexibility index (Phi) is 6.55. The van der Waals surface area contributed by atoms with Gasteiger partial charge >= 0.3 is 0 Å². The van der Waals surface area contributed by atoms with Gasteiger partial charge in [0.2, 0.25) is 5.91 Å². The zero-order valence-electron chi connectivity index (χ0n) is 18.9. The fourth-order valence-electron chi connectivity index (χ4n) is 4.09. The second-order valence-electron chi connectivity index (χ2n) is 8.42. The van der Waals surface area contributed by atoms with Crippen molar-refractivity contribution in [2.75, 3.05) is 33.1 Å². The van der Waals surface area contributed by atoms with Crippen LogP contribution in [0.1, 0.15) is 40.1 Å². The minimum absolute atomic E-state index is 0.0102. The highest BCUT2D eigenvalue weighted by atomic mass is 16.5.